The summed E-state index contributed by atoms with van der Waals surface area (Å²) in [4.78, 5) is 11.1. The van der Waals surface area contributed by atoms with Crippen molar-refractivity contribution < 1.29 is 36.2 Å². The van der Waals surface area contributed by atoms with E-state index in [1.54, 1.807) is 0 Å². The van der Waals surface area contributed by atoms with Crippen LogP contribution < -0.4 is 4.74 Å². The van der Waals surface area contributed by atoms with Crippen LogP contribution in [0.25, 0.3) is 0 Å². The number of hydrogen-bond donors (Lipinski definition) is 1. The van der Waals surface area contributed by atoms with Gasteiger partial charge in [-0.1, -0.05) is 12.5 Å². The van der Waals surface area contributed by atoms with Crippen LogP contribution in [0.2, 0.25) is 0 Å². The number of hydrogen-bond acceptors (Lipinski definition) is 4. The quantitative estimate of drug-likeness (QED) is 0.869. The molecule has 10 heteroatoms. The Bertz CT molecular complexity index is 789. The smallest absolute Gasteiger partial charge is 0.480 e. The van der Waals surface area contributed by atoms with E-state index in [1.165, 1.54) is 0 Å². The molecule has 0 radical (unpaired) electrons. The number of rotatable bonds is 4. The molecule has 0 amide bonds. The summed E-state index contributed by atoms with van der Waals surface area (Å²) in [6.45, 7) is 0.0661. The first kappa shape index (κ1) is 18.0. The molecule has 0 bridgehead atoms. The summed E-state index contributed by atoms with van der Waals surface area (Å²) < 4.78 is 67.3. The molecule has 1 atom stereocenters. The number of nitrogens with zero attached hydrogens (tertiary/aromatic N) is 1. The van der Waals surface area contributed by atoms with Crippen LogP contribution >= 0.6 is 0 Å². The monoisotopic (exact) mass is 379 g/mol. The molecule has 1 unspecified atom stereocenters. The highest BCUT2D eigenvalue weighted by atomic mass is 32.2. The third-order valence-electron chi connectivity index (χ3n) is 4.81. The number of carboxylic acids is 1. The van der Waals surface area contributed by atoms with Crippen LogP contribution in [0.4, 0.5) is 13.2 Å². The maximum atomic E-state index is 12.8. The summed E-state index contributed by atoms with van der Waals surface area (Å²) in [7, 11) is -4.25. The lowest BCUT2D eigenvalue weighted by Crippen LogP contribution is -2.41. The minimum Gasteiger partial charge on any atom is -0.480 e. The van der Waals surface area contributed by atoms with E-state index < -0.39 is 39.0 Å². The van der Waals surface area contributed by atoms with Gasteiger partial charge >= 0.3 is 12.3 Å². The standard InChI is InChI=1S/C15H16F3NO5S/c16-15(17,18)24-10-3-1-4-11(7-10)25(22,23)19-9-14(5-2-6-14)8-12(19)13(20)21/h1,3-4,7,12H,2,5-6,8-9H2,(H,20,21). The molecular formula is C15H16F3NO5S. The molecule has 1 heterocycles. The molecular weight excluding hydrogens is 363 g/mol. The van der Waals surface area contributed by atoms with E-state index in [4.69, 9.17) is 0 Å². The van der Waals surface area contributed by atoms with Gasteiger partial charge in [-0.2, -0.15) is 4.31 Å². The maximum Gasteiger partial charge on any atom is 0.573 e. The van der Waals surface area contributed by atoms with Crippen LogP contribution in [0.3, 0.4) is 0 Å². The summed E-state index contributed by atoms with van der Waals surface area (Å²) in [6, 6.07) is 2.78. The predicted octanol–water partition coefficient (Wildman–Crippen LogP) is 2.60. The van der Waals surface area contributed by atoms with E-state index in [2.05, 4.69) is 4.74 Å². The van der Waals surface area contributed by atoms with Crippen molar-refractivity contribution in [2.24, 2.45) is 5.41 Å². The zero-order chi connectivity index (χ0) is 18.5. The highest BCUT2D eigenvalue weighted by Gasteiger charge is 2.54. The lowest BCUT2D eigenvalue weighted by Gasteiger charge is -2.37. The zero-order valence-electron chi connectivity index (χ0n) is 13.0. The third kappa shape index (κ3) is 3.45. The van der Waals surface area contributed by atoms with Crippen molar-refractivity contribution in [3.63, 3.8) is 0 Å². The maximum absolute atomic E-state index is 12.8. The molecule has 2 aliphatic rings. The average Bonchev–Trinajstić information content (AvgIpc) is 2.88. The zero-order valence-corrected chi connectivity index (χ0v) is 13.8. The first-order chi connectivity index (χ1) is 11.5. The van der Waals surface area contributed by atoms with Crippen molar-refractivity contribution in [2.45, 2.75) is 43.0 Å². The third-order valence-corrected chi connectivity index (χ3v) is 6.66. The Morgan fingerprint density at radius 3 is 2.52 bits per heavy atom. The van der Waals surface area contributed by atoms with Crippen LogP contribution in [0.5, 0.6) is 5.75 Å². The van der Waals surface area contributed by atoms with Gasteiger partial charge in [-0.25, -0.2) is 8.42 Å². The molecule has 1 saturated heterocycles. The van der Waals surface area contributed by atoms with Gasteiger partial charge in [0.2, 0.25) is 10.0 Å². The Labute approximate surface area is 142 Å². The Morgan fingerprint density at radius 1 is 1.32 bits per heavy atom. The lowest BCUT2D eigenvalue weighted by molar-refractivity contribution is -0.274. The first-order valence-electron chi connectivity index (χ1n) is 7.63. The summed E-state index contributed by atoms with van der Waals surface area (Å²) in [6.07, 6.45) is -2.31. The van der Waals surface area contributed by atoms with Gasteiger partial charge in [0, 0.05) is 12.6 Å². The van der Waals surface area contributed by atoms with Gasteiger partial charge < -0.3 is 9.84 Å². The van der Waals surface area contributed by atoms with Crippen molar-refractivity contribution in [2.75, 3.05) is 6.54 Å². The normalized spacial score (nSPS) is 23.4. The van der Waals surface area contributed by atoms with Gasteiger partial charge in [-0.05, 0) is 36.8 Å². The molecule has 3 rings (SSSR count). The number of alkyl halides is 3. The second-order valence-electron chi connectivity index (χ2n) is 6.48. The van der Waals surface area contributed by atoms with E-state index in [0.717, 1.165) is 47.8 Å². The molecule has 138 valence electrons. The fraction of sp³-hybridized carbons (Fsp3) is 0.533. The van der Waals surface area contributed by atoms with Crippen LogP contribution in [0.15, 0.2) is 29.2 Å². The van der Waals surface area contributed by atoms with Crippen molar-refractivity contribution in [3.8, 4) is 5.75 Å². The Morgan fingerprint density at radius 2 is 2.00 bits per heavy atom. The predicted molar refractivity (Wildman–Crippen MR) is 79.3 cm³/mol. The van der Waals surface area contributed by atoms with Crippen LogP contribution in [-0.4, -0.2) is 42.7 Å². The van der Waals surface area contributed by atoms with Gasteiger partial charge in [-0.3, -0.25) is 4.79 Å². The molecule has 1 aromatic carbocycles. The topological polar surface area (TPSA) is 83.9 Å². The van der Waals surface area contributed by atoms with E-state index in [9.17, 15) is 31.5 Å². The fourth-order valence-electron chi connectivity index (χ4n) is 3.49. The Balaban J connectivity index is 1.93. The fourth-order valence-corrected chi connectivity index (χ4v) is 5.22. The second kappa shape index (κ2) is 5.87. The summed E-state index contributed by atoms with van der Waals surface area (Å²) in [5.41, 5.74) is -0.337. The number of carboxylic acid groups (broad SMARTS) is 1. The van der Waals surface area contributed by atoms with E-state index >= 15 is 0 Å². The van der Waals surface area contributed by atoms with Gasteiger partial charge in [0.15, 0.2) is 0 Å². The number of aliphatic carboxylic acids is 1. The van der Waals surface area contributed by atoms with E-state index in [0.29, 0.717) is 0 Å². The average molecular weight is 379 g/mol. The Hall–Kier alpha value is -1.81. The molecule has 1 aromatic rings. The van der Waals surface area contributed by atoms with Crippen LogP contribution in [-0.2, 0) is 14.8 Å². The Kier molecular flexibility index (Phi) is 4.23. The van der Waals surface area contributed by atoms with Crippen molar-refractivity contribution in [1.29, 1.82) is 0 Å². The largest absolute Gasteiger partial charge is 0.573 e. The molecule has 25 heavy (non-hydrogen) atoms. The molecule has 0 aromatic heterocycles. The van der Waals surface area contributed by atoms with Crippen LogP contribution in [0.1, 0.15) is 25.7 Å². The summed E-state index contributed by atoms with van der Waals surface area (Å²) >= 11 is 0. The van der Waals surface area contributed by atoms with E-state index in [-0.39, 0.29) is 18.4 Å². The molecule has 1 spiro atoms. The summed E-state index contributed by atoms with van der Waals surface area (Å²) in [5, 5.41) is 9.37. The van der Waals surface area contributed by atoms with Gasteiger partial charge in [0.25, 0.3) is 0 Å². The lowest BCUT2D eigenvalue weighted by atomic mass is 9.67. The van der Waals surface area contributed by atoms with Crippen LogP contribution in [0, 0.1) is 5.41 Å². The molecule has 2 fully saturated rings. The molecule has 1 saturated carbocycles. The molecule has 1 N–H and O–H groups in total. The summed E-state index contributed by atoms with van der Waals surface area (Å²) in [5.74, 6) is -1.92. The molecule has 6 nitrogen and oxygen atoms in total. The van der Waals surface area contributed by atoms with Gasteiger partial charge in [0.1, 0.15) is 11.8 Å². The van der Waals surface area contributed by atoms with E-state index in [1.807, 2.05) is 0 Å². The SMILES string of the molecule is O=C(O)C1CC2(CCC2)CN1S(=O)(=O)c1cccc(OC(F)(F)F)c1. The number of ether oxygens (including phenoxy) is 1. The number of carbonyl (C=O) groups is 1. The highest BCUT2D eigenvalue weighted by molar-refractivity contribution is 7.89. The van der Waals surface area contributed by atoms with Crippen molar-refractivity contribution >= 4 is 16.0 Å². The first-order valence-corrected chi connectivity index (χ1v) is 9.07. The second-order valence-corrected chi connectivity index (χ2v) is 8.38. The number of sulfonamides is 1. The molecule has 1 aliphatic carbocycles. The molecule has 1 aliphatic heterocycles. The highest BCUT2D eigenvalue weighted by Crippen LogP contribution is 2.51. The minimum atomic E-state index is -4.95. The van der Waals surface area contributed by atoms with Gasteiger partial charge in [0.05, 0.1) is 4.90 Å². The number of benzene rings is 1. The van der Waals surface area contributed by atoms with Crippen molar-refractivity contribution in [3.05, 3.63) is 24.3 Å². The number of halogens is 3. The van der Waals surface area contributed by atoms with Gasteiger partial charge in [-0.15, -0.1) is 13.2 Å². The van der Waals surface area contributed by atoms with Crippen molar-refractivity contribution in [1.82, 2.24) is 4.31 Å². The minimum absolute atomic E-state index is 0.0661.